The van der Waals surface area contributed by atoms with Gasteiger partial charge >= 0.3 is 0 Å². The molecule has 0 aromatic heterocycles. The van der Waals surface area contributed by atoms with Crippen molar-refractivity contribution in [3.63, 3.8) is 0 Å². The van der Waals surface area contributed by atoms with E-state index in [2.05, 4.69) is 24.1 Å². The lowest BCUT2D eigenvalue weighted by Gasteiger charge is -2.37. The number of nitrogens with zero attached hydrogens (tertiary/aromatic N) is 1. The van der Waals surface area contributed by atoms with E-state index in [0.29, 0.717) is 23.5 Å². The van der Waals surface area contributed by atoms with Gasteiger partial charge in [0, 0.05) is 12.1 Å². The SMILES string of the molecule is CCCN1CCC(C(C)NC2CCCS(=O)(=O)C2)CC1. The van der Waals surface area contributed by atoms with Gasteiger partial charge in [0.1, 0.15) is 0 Å². The average Bonchev–Trinajstić information content (AvgIpc) is 2.38. The molecule has 0 radical (unpaired) electrons. The molecule has 4 nitrogen and oxygen atoms in total. The average molecular weight is 302 g/mol. The molecule has 20 heavy (non-hydrogen) atoms. The molecule has 2 atom stereocenters. The molecule has 0 amide bonds. The molecule has 0 aromatic rings. The molecule has 2 fully saturated rings. The van der Waals surface area contributed by atoms with Crippen molar-refractivity contribution in [2.45, 2.75) is 58.0 Å². The van der Waals surface area contributed by atoms with E-state index in [-0.39, 0.29) is 6.04 Å². The Morgan fingerprint density at radius 1 is 1.25 bits per heavy atom. The van der Waals surface area contributed by atoms with Crippen molar-refractivity contribution in [3.8, 4) is 0 Å². The first-order valence-electron chi connectivity index (χ1n) is 8.19. The third-order valence-corrected chi connectivity index (χ3v) is 6.66. The zero-order valence-electron chi connectivity index (χ0n) is 13.0. The number of piperidine rings is 1. The standard InChI is InChI=1S/C15H30N2O2S/c1-3-8-17-9-6-14(7-10-17)13(2)16-15-5-4-11-20(18,19)12-15/h13-16H,3-12H2,1-2H3. The summed E-state index contributed by atoms with van der Waals surface area (Å²) in [6, 6.07) is 0.620. The van der Waals surface area contributed by atoms with Crippen LogP contribution in [0.4, 0.5) is 0 Å². The molecule has 2 aliphatic rings. The molecule has 1 N–H and O–H groups in total. The molecule has 0 spiro atoms. The summed E-state index contributed by atoms with van der Waals surface area (Å²) in [7, 11) is -2.80. The topological polar surface area (TPSA) is 49.4 Å². The molecule has 118 valence electrons. The zero-order chi connectivity index (χ0) is 14.6. The molecular formula is C15H30N2O2S. The fourth-order valence-electron chi connectivity index (χ4n) is 3.65. The maximum atomic E-state index is 11.7. The maximum Gasteiger partial charge on any atom is 0.151 e. The van der Waals surface area contributed by atoms with Crippen LogP contribution in [0, 0.1) is 5.92 Å². The summed E-state index contributed by atoms with van der Waals surface area (Å²) in [5, 5.41) is 3.59. The Morgan fingerprint density at radius 2 is 1.95 bits per heavy atom. The largest absolute Gasteiger partial charge is 0.310 e. The molecule has 2 saturated heterocycles. The smallest absolute Gasteiger partial charge is 0.151 e. The van der Waals surface area contributed by atoms with E-state index < -0.39 is 9.84 Å². The summed E-state index contributed by atoms with van der Waals surface area (Å²) >= 11 is 0. The number of hydrogen-bond acceptors (Lipinski definition) is 4. The number of rotatable bonds is 5. The summed E-state index contributed by atoms with van der Waals surface area (Å²) in [5.74, 6) is 1.42. The van der Waals surface area contributed by atoms with Gasteiger partial charge < -0.3 is 10.2 Å². The maximum absolute atomic E-state index is 11.7. The van der Waals surface area contributed by atoms with Crippen molar-refractivity contribution in [1.29, 1.82) is 0 Å². The normalized spacial score (nSPS) is 30.2. The van der Waals surface area contributed by atoms with Crippen molar-refractivity contribution in [2.24, 2.45) is 5.92 Å². The molecule has 0 saturated carbocycles. The quantitative estimate of drug-likeness (QED) is 0.839. The van der Waals surface area contributed by atoms with E-state index in [9.17, 15) is 8.42 Å². The molecule has 5 heteroatoms. The van der Waals surface area contributed by atoms with E-state index >= 15 is 0 Å². The van der Waals surface area contributed by atoms with Crippen LogP contribution in [0.25, 0.3) is 0 Å². The van der Waals surface area contributed by atoms with Gasteiger partial charge in [0.25, 0.3) is 0 Å². The molecule has 2 rings (SSSR count). The highest BCUT2D eigenvalue weighted by Gasteiger charge is 2.29. The summed E-state index contributed by atoms with van der Waals surface area (Å²) in [4.78, 5) is 2.55. The number of likely N-dealkylation sites (tertiary alicyclic amines) is 1. The van der Waals surface area contributed by atoms with Gasteiger partial charge in [-0.25, -0.2) is 8.42 Å². The van der Waals surface area contributed by atoms with Crippen molar-refractivity contribution in [1.82, 2.24) is 10.2 Å². The van der Waals surface area contributed by atoms with Gasteiger partial charge in [-0.2, -0.15) is 0 Å². The Kier molecular flexibility index (Phi) is 5.87. The van der Waals surface area contributed by atoms with E-state index in [4.69, 9.17) is 0 Å². The summed E-state index contributed by atoms with van der Waals surface area (Å²) in [5.41, 5.74) is 0. The Bertz CT molecular complexity index is 389. The first-order chi connectivity index (χ1) is 9.50. The highest BCUT2D eigenvalue weighted by Crippen LogP contribution is 2.22. The third-order valence-electron chi connectivity index (χ3n) is 4.84. The van der Waals surface area contributed by atoms with Gasteiger partial charge in [0.15, 0.2) is 9.84 Å². The number of nitrogens with one attached hydrogen (secondary N) is 1. The minimum absolute atomic E-state index is 0.178. The van der Waals surface area contributed by atoms with Crippen LogP contribution in [0.15, 0.2) is 0 Å². The lowest BCUT2D eigenvalue weighted by Crippen LogP contribution is -2.49. The fourth-order valence-corrected chi connectivity index (χ4v) is 5.30. The molecule has 2 aliphatic heterocycles. The number of sulfone groups is 1. The van der Waals surface area contributed by atoms with Crippen molar-refractivity contribution in [3.05, 3.63) is 0 Å². The molecule has 0 bridgehead atoms. The minimum atomic E-state index is -2.80. The highest BCUT2D eigenvalue weighted by atomic mass is 32.2. The van der Waals surface area contributed by atoms with Crippen LogP contribution in [0.1, 0.15) is 46.0 Å². The van der Waals surface area contributed by atoms with Crippen molar-refractivity contribution in [2.75, 3.05) is 31.1 Å². The molecule has 2 unspecified atom stereocenters. The van der Waals surface area contributed by atoms with Gasteiger partial charge in [-0.05, 0) is 64.6 Å². The molecule has 2 heterocycles. The van der Waals surface area contributed by atoms with Gasteiger partial charge in [0.2, 0.25) is 0 Å². The van der Waals surface area contributed by atoms with Crippen LogP contribution >= 0.6 is 0 Å². The summed E-state index contributed by atoms with van der Waals surface area (Å²) in [6.07, 6.45) is 5.56. The van der Waals surface area contributed by atoms with Crippen LogP contribution in [0.2, 0.25) is 0 Å². The van der Waals surface area contributed by atoms with Crippen LogP contribution in [-0.2, 0) is 9.84 Å². The zero-order valence-corrected chi connectivity index (χ0v) is 13.8. The van der Waals surface area contributed by atoms with Gasteiger partial charge in [-0.3, -0.25) is 0 Å². The van der Waals surface area contributed by atoms with Crippen LogP contribution in [0.3, 0.4) is 0 Å². The van der Waals surface area contributed by atoms with Crippen LogP contribution in [-0.4, -0.2) is 56.5 Å². The lowest BCUT2D eigenvalue weighted by atomic mass is 9.89. The third kappa shape index (κ3) is 4.71. The Hall–Kier alpha value is -0.130. The van der Waals surface area contributed by atoms with Gasteiger partial charge in [-0.15, -0.1) is 0 Å². The van der Waals surface area contributed by atoms with Crippen molar-refractivity contribution >= 4 is 9.84 Å². The molecule has 0 aromatic carbocycles. The Balaban J connectivity index is 1.76. The second kappa shape index (κ2) is 7.23. The highest BCUT2D eigenvalue weighted by molar-refractivity contribution is 7.91. The molecular weight excluding hydrogens is 272 g/mol. The first kappa shape index (κ1) is 16.2. The fraction of sp³-hybridized carbons (Fsp3) is 1.00. The predicted molar refractivity (Wildman–Crippen MR) is 83.7 cm³/mol. The summed E-state index contributed by atoms with van der Waals surface area (Å²) in [6.45, 7) is 8.09. The monoisotopic (exact) mass is 302 g/mol. The number of hydrogen-bond donors (Lipinski definition) is 1. The van der Waals surface area contributed by atoms with E-state index in [1.807, 2.05) is 0 Å². The van der Waals surface area contributed by atoms with Crippen LogP contribution < -0.4 is 5.32 Å². The molecule has 0 aliphatic carbocycles. The second-order valence-corrected chi connectivity index (χ2v) is 8.82. The van der Waals surface area contributed by atoms with Crippen molar-refractivity contribution < 1.29 is 8.42 Å². The van der Waals surface area contributed by atoms with Crippen LogP contribution in [0.5, 0.6) is 0 Å². The lowest BCUT2D eigenvalue weighted by molar-refractivity contribution is 0.158. The first-order valence-corrected chi connectivity index (χ1v) is 10.0. The predicted octanol–water partition coefficient (Wildman–Crippen LogP) is 1.66. The minimum Gasteiger partial charge on any atom is -0.310 e. The Morgan fingerprint density at radius 3 is 2.55 bits per heavy atom. The summed E-state index contributed by atoms with van der Waals surface area (Å²) < 4.78 is 23.4. The Labute approximate surface area is 124 Å². The van der Waals surface area contributed by atoms with E-state index in [0.717, 1.165) is 12.8 Å². The van der Waals surface area contributed by atoms with Gasteiger partial charge in [0.05, 0.1) is 11.5 Å². The van der Waals surface area contributed by atoms with Gasteiger partial charge in [-0.1, -0.05) is 6.92 Å². The second-order valence-electron chi connectivity index (χ2n) is 6.59. The van der Waals surface area contributed by atoms with E-state index in [1.165, 1.54) is 38.9 Å². The van der Waals surface area contributed by atoms with E-state index in [1.54, 1.807) is 0 Å².